The molecular formula is C40H50N2O4. The second kappa shape index (κ2) is 11.7. The van der Waals surface area contributed by atoms with E-state index in [1.807, 2.05) is 48.5 Å². The number of hydrogen-bond donors (Lipinski definition) is 3. The first kappa shape index (κ1) is 32.6. The van der Waals surface area contributed by atoms with Crippen LogP contribution in [0, 0.1) is 0 Å². The van der Waals surface area contributed by atoms with Crippen molar-refractivity contribution >= 4 is 27.5 Å². The summed E-state index contributed by atoms with van der Waals surface area (Å²) in [7, 11) is 0. The lowest BCUT2D eigenvalue weighted by Gasteiger charge is -2.46. The molecule has 2 fully saturated rings. The predicted octanol–water partition coefficient (Wildman–Crippen LogP) is 8.44. The number of aliphatic hydroxyl groups is 1. The standard InChI is InChI=1S/C40H50N2O4/c1-37(2)21-30(22-38(3,4)41-37)45-35(43)29-18-16-26-19-28(17-15-27(26)20-29)32-13-9-11-25-12-10-14-33(34(25)32)36(44)46-31-23-39(5,6)42-40(7,8)24-31/h9-20,30-31,35,41-43H,21-24H2,1-8H3. The molecule has 0 radical (unpaired) electrons. The van der Waals surface area contributed by atoms with Crippen molar-refractivity contribution in [2.75, 3.05) is 0 Å². The van der Waals surface area contributed by atoms with Crippen LogP contribution in [0.1, 0.15) is 103 Å². The monoisotopic (exact) mass is 622 g/mol. The Morgan fingerprint density at radius 3 is 1.87 bits per heavy atom. The van der Waals surface area contributed by atoms with Gasteiger partial charge in [0.25, 0.3) is 0 Å². The van der Waals surface area contributed by atoms with Gasteiger partial charge in [0.05, 0.1) is 11.7 Å². The molecule has 244 valence electrons. The van der Waals surface area contributed by atoms with E-state index in [4.69, 9.17) is 9.47 Å². The van der Waals surface area contributed by atoms with Crippen LogP contribution in [-0.2, 0) is 9.47 Å². The highest BCUT2D eigenvalue weighted by molar-refractivity contribution is 6.11. The van der Waals surface area contributed by atoms with Crippen molar-refractivity contribution in [3.8, 4) is 11.1 Å². The van der Waals surface area contributed by atoms with Crippen molar-refractivity contribution in [1.29, 1.82) is 0 Å². The number of benzene rings is 4. The Morgan fingerprint density at radius 2 is 1.24 bits per heavy atom. The van der Waals surface area contributed by atoms with Gasteiger partial charge in [-0.25, -0.2) is 4.79 Å². The molecule has 2 aliphatic rings. The van der Waals surface area contributed by atoms with Gasteiger partial charge in [-0.2, -0.15) is 0 Å². The van der Waals surface area contributed by atoms with Gasteiger partial charge in [0.1, 0.15) is 6.10 Å². The van der Waals surface area contributed by atoms with E-state index in [1.54, 1.807) is 0 Å². The second-order valence-electron chi connectivity index (χ2n) is 16.3. The summed E-state index contributed by atoms with van der Waals surface area (Å²) in [5.74, 6) is -0.281. The van der Waals surface area contributed by atoms with Gasteiger partial charge >= 0.3 is 5.97 Å². The zero-order valence-electron chi connectivity index (χ0n) is 28.7. The lowest BCUT2D eigenvalue weighted by molar-refractivity contribution is -0.161. The Labute approximate surface area is 273 Å². The minimum atomic E-state index is -0.999. The van der Waals surface area contributed by atoms with E-state index in [9.17, 15) is 9.90 Å². The Kier molecular flexibility index (Phi) is 8.34. The van der Waals surface area contributed by atoms with E-state index in [0.29, 0.717) is 5.56 Å². The van der Waals surface area contributed by atoms with Crippen LogP contribution < -0.4 is 10.6 Å². The molecule has 6 rings (SSSR count). The lowest BCUT2D eigenvalue weighted by Crippen LogP contribution is -2.59. The number of ether oxygens (including phenoxy) is 2. The quantitative estimate of drug-likeness (QED) is 0.148. The molecule has 1 unspecified atom stereocenters. The minimum Gasteiger partial charge on any atom is -0.459 e. The average molecular weight is 623 g/mol. The number of fused-ring (bicyclic) bond motifs is 2. The molecule has 1 atom stereocenters. The first-order valence-corrected chi connectivity index (χ1v) is 16.7. The maximum atomic E-state index is 13.8. The molecule has 0 aliphatic carbocycles. The van der Waals surface area contributed by atoms with Crippen LogP contribution in [0.15, 0.2) is 72.8 Å². The maximum absolute atomic E-state index is 13.8. The summed E-state index contributed by atoms with van der Waals surface area (Å²) in [6.45, 7) is 17.4. The molecule has 0 amide bonds. The highest BCUT2D eigenvalue weighted by Crippen LogP contribution is 2.37. The summed E-state index contributed by atoms with van der Waals surface area (Å²) in [5, 5.41) is 22.4. The fraction of sp³-hybridized carbons (Fsp3) is 0.475. The van der Waals surface area contributed by atoms with E-state index < -0.39 is 6.29 Å². The third-order valence-corrected chi connectivity index (χ3v) is 9.49. The third-order valence-electron chi connectivity index (χ3n) is 9.49. The molecular weight excluding hydrogens is 572 g/mol. The first-order chi connectivity index (χ1) is 21.5. The van der Waals surface area contributed by atoms with E-state index in [2.05, 4.69) is 90.3 Å². The van der Waals surface area contributed by atoms with Gasteiger partial charge in [0, 0.05) is 45.9 Å². The summed E-state index contributed by atoms with van der Waals surface area (Å²) in [6, 6.07) is 24.3. The van der Waals surface area contributed by atoms with E-state index in [0.717, 1.165) is 63.9 Å². The van der Waals surface area contributed by atoms with Crippen molar-refractivity contribution in [3.05, 3.63) is 83.9 Å². The first-order valence-electron chi connectivity index (χ1n) is 16.7. The van der Waals surface area contributed by atoms with Crippen LogP contribution in [0.25, 0.3) is 32.7 Å². The zero-order valence-corrected chi connectivity index (χ0v) is 28.7. The molecule has 0 spiro atoms. The van der Waals surface area contributed by atoms with Crippen LogP contribution in [0.3, 0.4) is 0 Å². The van der Waals surface area contributed by atoms with Gasteiger partial charge < -0.3 is 25.2 Å². The van der Waals surface area contributed by atoms with E-state index in [1.165, 1.54) is 0 Å². The number of piperidine rings is 2. The van der Waals surface area contributed by atoms with Gasteiger partial charge in [-0.1, -0.05) is 54.6 Å². The van der Waals surface area contributed by atoms with Crippen molar-refractivity contribution in [3.63, 3.8) is 0 Å². The molecule has 0 saturated carbocycles. The van der Waals surface area contributed by atoms with Crippen LogP contribution in [0.4, 0.5) is 0 Å². The van der Waals surface area contributed by atoms with Gasteiger partial charge in [-0.15, -0.1) is 0 Å². The number of esters is 1. The third kappa shape index (κ3) is 7.16. The summed E-state index contributed by atoms with van der Waals surface area (Å²) >= 11 is 0. The summed E-state index contributed by atoms with van der Waals surface area (Å²) in [4.78, 5) is 13.8. The SMILES string of the molecule is CC1(C)CC(OC(=O)c2cccc3cccc(-c4ccc5cc(C(O)OC6CC(C)(C)NC(C)(C)C6)ccc5c4)c23)CC(C)(C)N1. The molecule has 4 aromatic rings. The summed E-state index contributed by atoms with van der Waals surface area (Å²) in [6.07, 6.45) is 1.99. The molecule has 0 aromatic heterocycles. The smallest absolute Gasteiger partial charge is 0.339 e. The Hall–Kier alpha value is -3.29. The predicted molar refractivity (Wildman–Crippen MR) is 187 cm³/mol. The summed E-state index contributed by atoms with van der Waals surface area (Å²) < 4.78 is 12.4. The fourth-order valence-electron chi connectivity index (χ4n) is 8.45. The van der Waals surface area contributed by atoms with E-state index >= 15 is 0 Å². The number of carbonyl (C=O) groups excluding carboxylic acids is 1. The molecule has 2 saturated heterocycles. The van der Waals surface area contributed by atoms with Crippen LogP contribution >= 0.6 is 0 Å². The number of aliphatic hydroxyl groups excluding tert-OH is 1. The van der Waals surface area contributed by atoms with Gasteiger partial charge in [0.15, 0.2) is 6.29 Å². The van der Waals surface area contributed by atoms with Crippen LogP contribution in [-0.4, -0.2) is 45.4 Å². The van der Waals surface area contributed by atoms with Crippen molar-refractivity contribution < 1.29 is 19.4 Å². The number of rotatable bonds is 6. The average Bonchev–Trinajstić information content (AvgIpc) is 2.92. The minimum absolute atomic E-state index is 0.0423. The molecule has 2 aliphatic heterocycles. The van der Waals surface area contributed by atoms with Gasteiger partial charge in [0.2, 0.25) is 0 Å². The lowest BCUT2D eigenvalue weighted by atomic mass is 9.81. The molecule has 4 aromatic carbocycles. The molecule has 46 heavy (non-hydrogen) atoms. The zero-order chi connectivity index (χ0) is 33.1. The van der Waals surface area contributed by atoms with Gasteiger partial charge in [-0.3, -0.25) is 0 Å². The highest BCUT2D eigenvalue weighted by Gasteiger charge is 2.40. The fourth-order valence-corrected chi connectivity index (χ4v) is 8.45. The van der Waals surface area contributed by atoms with Crippen molar-refractivity contribution in [2.24, 2.45) is 0 Å². The Balaban J connectivity index is 1.27. The normalized spacial score (nSPS) is 21.7. The number of nitrogens with one attached hydrogen (secondary N) is 2. The topological polar surface area (TPSA) is 79.8 Å². The maximum Gasteiger partial charge on any atom is 0.339 e. The molecule has 2 heterocycles. The molecule has 0 bridgehead atoms. The number of carbonyl (C=O) groups is 1. The highest BCUT2D eigenvalue weighted by atomic mass is 16.6. The molecule has 6 heteroatoms. The Bertz CT molecular complexity index is 1730. The van der Waals surface area contributed by atoms with Crippen molar-refractivity contribution in [1.82, 2.24) is 10.6 Å². The van der Waals surface area contributed by atoms with Crippen molar-refractivity contribution in [2.45, 2.75) is 122 Å². The van der Waals surface area contributed by atoms with Crippen LogP contribution in [0.2, 0.25) is 0 Å². The van der Waals surface area contributed by atoms with Crippen LogP contribution in [0.5, 0.6) is 0 Å². The largest absolute Gasteiger partial charge is 0.459 e. The van der Waals surface area contributed by atoms with Gasteiger partial charge in [-0.05, 0) is 114 Å². The molecule has 3 N–H and O–H groups in total. The molecule has 6 nitrogen and oxygen atoms in total. The second-order valence-corrected chi connectivity index (χ2v) is 16.3. The Morgan fingerprint density at radius 1 is 0.696 bits per heavy atom. The summed E-state index contributed by atoms with van der Waals surface area (Å²) in [5.41, 5.74) is 2.97. The van der Waals surface area contributed by atoms with E-state index in [-0.39, 0.29) is 40.3 Å². The number of hydrogen-bond acceptors (Lipinski definition) is 6.